The molecule has 2 N–H and O–H groups in total. The highest BCUT2D eigenvalue weighted by atomic mass is 127. The number of aryl methyl sites for hydroxylation is 1. The molecule has 1 aromatic heterocycles. The first-order chi connectivity index (χ1) is 13.7. The molecular weight excluding hydrogens is 495 g/mol. The standard InChI is InChI=1S/C22H32N4OS.HI/c1-17-4-5-18(14-21(17)27-3)6-10-24-22(23-2)25-20-7-11-26(12-8-20)15-19-9-13-28-16-19;/h4-5,9,13-14,16,20H,6-8,10-12,15H2,1-3H3,(H2,23,24,25);1H. The van der Waals surface area contributed by atoms with Crippen molar-refractivity contribution in [3.63, 3.8) is 0 Å². The molecule has 0 unspecified atom stereocenters. The molecule has 1 aromatic carbocycles. The Kier molecular flexibility index (Phi) is 10.2. The number of hydrogen-bond donors (Lipinski definition) is 2. The van der Waals surface area contributed by atoms with Gasteiger partial charge in [0.15, 0.2) is 5.96 Å². The third kappa shape index (κ3) is 7.46. The number of ether oxygens (including phenoxy) is 1. The minimum absolute atomic E-state index is 0. The SMILES string of the molecule is CN=C(NCCc1ccc(C)c(OC)c1)NC1CCN(Cc2ccsc2)CC1.I. The Morgan fingerprint density at radius 1 is 1.24 bits per heavy atom. The number of methoxy groups -OCH3 is 1. The van der Waals surface area contributed by atoms with Gasteiger partial charge >= 0.3 is 0 Å². The maximum absolute atomic E-state index is 5.42. The smallest absolute Gasteiger partial charge is 0.191 e. The van der Waals surface area contributed by atoms with E-state index in [0.717, 1.165) is 57.2 Å². The topological polar surface area (TPSA) is 48.9 Å². The summed E-state index contributed by atoms with van der Waals surface area (Å²) in [6.07, 6.45) is 3.25. The molecule has 160 valence electrons. The summed E-state index contributed by atoms with van der Waals surface area (Å²) in [7, 11) is 3.57. The fourth-order valence-corrected chi connectivity index (χ4v) is 4.27. The molecule has 29 heavy (non-hydrogen) atoms. The van der Waals surface area contributed by atoms with E-state index in [0.29, 0.717) is 6.04 Å². The van der Waals surface area contributed by atoms with Crippen molar-refractivity contribution in [2.24, 2.45) is 4.99 Å². The lowest BCUT2D eigenvalue weighted by atomic mass is 10.0. The van der Waals surface area contributed by atoms with Gasteiger partial charge in [-0.1, -0.05) is 12.1 Å². The number of thiophene rings is 1. The second-order valence-corrected chi connectivity index (χ2v) is 8.16. The van der Waals surface area contributed by atoms with Crippen molar-refractivity contribution >= 4 is 41.3 Å². The van der Waals surface area contributed by atoms with Gasteiger partial charge in [-0.2, -0.15) is 11.3 Å². The van der Waals surface area contributed by atoms with Crippen molar-refractivity contribution in [1.29, 1.82) is 0 Å². The summed E-state index contributed by atoms with van der Waals surface area (Å²) < 4.78 is 5.42. The fourth-order valence-electron chi connectivity index (χ4n) is 3.61. The van der Waals surface area contributed by atoms with Crippen LogP contribution in [0.15, 0.2) is 40.0 Å². The Morgan fingerprint density at radius 3 is 2.69 bits per heavy atom. The molecule has 5 nitrogen and oxygen atoms in total. The molecule has 0 spiro atoms. The minimum Gasteiger partial charge on any atom is -0.496 e. The summed E-state index contributed by atoms with van der Waals surface area (Å²) in [4.78, 5) is 6.94. The number of rotatable bonds is 7. The van der Waals surface area contributed by atoms with E-state index in [4.69, 9.17) is 4.74 Å². The van der Waals surface area contributed by atoms with Crippen molar-refractivity contribution in [3.05, 3.63) is 51.7 Å². The molecule has 1 saturated heterocycles. The zero-order valence-electron chi connectivity index (χ0n) is 17.6. The number of benzene rings is 1. The van der Waals surface area contributed by atoms with E-state index in [9.17, 15) is 0 Å². The predicted octanol–water partition coefficient (Wildman–Crippen LogP) is 4.06. The zero-order valence-corrected chi connectivity index (χ0v) is 20.8. The molecule has 7 heteroatoms. The number of nitrogens with one attached hydrogen (secondary N) is 2. The molecule has 0 amide bonds. The van der Waals surface area contributed by atoms with Gasteiger partial charge in [0.2, 0.25) is 0 Å². The van der Waals surface area contributed by atoms with Crippen molar-refractivity contribution < 1.29 is 4.74 Å². The molecule has 2 heterocycles. The van der Waals surface area contributed by atoms with E-state index in [1.54, 1.807) is 18.4 Å². The maximum Gasteiger partial charge on any atom is 0.191 e. The van der Waals surface area contributed by atoms with E-state index in [-0.39, 0.29) is 24.0 Å². The van der Waals surface area contributed by atoms with Gasteiger partial charge in [0, 0.05) is 39.3 Å². The molecule has 0 saturated carbocycles. The van der Waals surface area contributed by atoms with Gasteiger partial charge in [0.05, 0.1) is 7.11 Å². The summed E-state index contributed by atoms with van der Waals surface area (Å²) >= 11 is 1.78. The van der Waals surface area contributed by atoms with Crippen LogP contribution in [-0.2, 0) is 13.0 Å². The second-order valence-electron chi connectivity index (χ2n) is 7.38. The van der Waals surface area contributed by atoms with Crippen LogP contribution in [-0.4, -0.2) is 50.7 Å². The van der Waals surface area contributed by atoms with Gasteiger partial charge in [-0.15, -0.1) is 24.0 Å². The van der Waals surface area contributed by atoms with Crippen LogP contribution in [0.25, 0.3) is 0 Å². The van der Waals surface area contributed by atoms with Crippen LogP contribution in [0.2, 0.25) is 0 Å². The third-order valence-corrected chi connectivity index (χ3v) is 6.05. The molecule has 0 atom stereocenters. The third-order valence-electron chi connectivity index (χ3n) is 5.32. The van der Waals surface area contributed by atoms with Crippen molar-refractivity contribution in [3.8, 4) is 5.75 Å². The first-order valence-electron chi connectivity index (χ1n) is 10.0. The average Bonchev–Trinajstić information content (AvgIpc) is 3.23. The Labute approximate surface area is 196 Å². The van der Waals surface area contributed by atoms with Gasteiger partial charge < -0.3 is 15.4 Å². The maximum atomic E-state index is 5.42. The van der Waals surface area contributed by atoms with Crippen LogP contribution in [0, 0.1) is 6.92 Å². The summed E-state index contributed by atoms with van der Waals surface area (Å²) in [5, 5.41) is 11.5. The van der Waals surface area contributed by atoms with E-state index in [1.807, 2.05) is 7.05 Å². The molecule has 1 aliphatic rings. The van der Waals surface area contributed by atoms with Crippen molar-refractivity contribution in [2.75, 3.05) is 33.8 Å². The Bertz CT molecular complexity index is 758. The molecule has 0 bridgehead atoms. The van der Waals surface area contributed by atoms with E-state index in [1.165, 1.54) is 16.7 Å². The lowest BCUT2D eigenvalue weighted by Gasteiger charge is -2.33. The van der Waals surface area contributed by atoms with Crippen LogP contribution in [0.5, 0.6) is 5.75 Å². The number of guanidine groups is 1. The van der Waals surface area contributed by atoms with Crippen LogP contribution in [0.3, 0.4) is 0 Å². The van der Waals surface area contributed by atoms with Crippen LogP contribution < -0.4 is 15.4 Å². The average molecular weight is 529 g/mol. The molecule has 0 aliphatic carbocycles. The van der Waals surface area contributed by atoms with Gasteiger partial charge in [0.1, 0.15) is 5.75 Å². The normalized spacial score (nSPS) is 15.6. The fraction of sp³-hybridized carbons (Fsp3) is 0.500. The quantitative estimate of drug-likeness (QED) is 0.324. The molecule has 1 aliphatic heterocycles. The monoisotopic (exact) mass is 528 g/mol. The molecule has 0 radical (unpaired) electrons. The number of aliphatic imine (C=N–C) groups is 1. The van der Waals surface area contributed by atoms with Crippen LogP contribution >= 0.6 is 35.3 Å². The van der Waals surface area contributed by atoms with Crippen LogP contribution in [0.4, 0.5) is 0 Å². The molecule has 2 aromatic rings. The summed E-state index contributed by atoms with van der Waals surface area (Å²) in [5.41, 5.74) is 3.87. The Morgan fingerprint density at radius 2 is 2.03 bits per heavy atom. The minimum atomic E-state index is 0. The van der Waals surface area contributed by atoms with Crippen molar-refractivity contribution in [2.45, 2.75) is 38.8 Å². The lowest BCUT2D eigenvalue weighted by Crippen LogP contribution is -2.48. The number of nitrogens with zero attached hydrogens (tertiary/aromatic N) is 2. The first-order valence-corrected chi connectivity index (χ1v) is 11.0. The zero-order chi connectivity index (χ0) is 19.8. The molecular formula is C22H33IN4OS. The number of likely N-dealkylation sites (tertiary alicyclic amines) is 1. The highest BCUT2D eigenvalue weighted by Gasteiger charge is 2.20. The second kappa shape index (κ2) is 12.4. The van der Waals surface area contributed by atoms with Crippen LogP contribution in [0.1, 0.15) is 29.5 Å². The number of halogens is 1. The first kappa shape index (κ1) is 24.0. The summed E-state index contributed by atoms with van der Waals surface area (Å²) in [6, 6.07) is 9.12. The summed E-state index contributed by atoms with van der Waals surface area (Å²) in [5.74, 6) is 1.85. The Hall–Kier alpha value is -1.32. The van der Waals surface area contributed by atoms with Gasteiger partial charge in [-0.25, -0.2) is 0 Å². The number of piperidine rings is 1. The lowest BCUT2D eigenvalue weighted by molar-refractivity contribution is 0.198. The number of hydrogen-bond acceptors (Lipinski definition) is 4. The molecule has 1 fully saturated rings. The largest absolute Gasteiger partial charge is 0.496 e. The highest BCUT2D eigenvalue weighted by molar-refractivity contribution is 14.0. The predicted molar refractivity (Wildman–Crippen MR) is 134 cm³/mol. The highest BCUT2D eigenvalue weighted by Crippen LogP contribution is 2.19. The van der Waals surface area contributed by atoms with Gasteiger partial charge in [-0.3, -0.25) is 9.89 Å². The van der Waals surface area contributed by atoms with Crippen molar-refractivity contribution in [1.82, 2.24) is 15.5 Å². The van der Waals surface area contributed by atoms with Gasteiger partial charge in [-0.05, 0) is 65.8 Å². The van der Waals surface area contributed by atoms with E-state index < -0.39 is 0 Å². The van der Waals surface area contributed by atoms with E-state index >= 15 is 0 Å². The summed E-state index contributed by atoms with van der Waals surface area (Å²) in [6.45, 7) is 6.26. The Balaban J connectivity index is 0.00000300. The van der Waals surface area contributed by atoms with E-state index in [2.05, 4.69) is 62.5 Å². The van der Waals surface area contributed by atoms with Gasteiger partial charge in [0.25, 0.3) is 0 Å². The molecule has 3 rings (SSSR count).